The zero-order valence-corrected chi connectivity index (χ0v) is 21.1. The first-order valence-electron chi connectivity index (χ1n) is 12.6. The Balaban J connectivity index is 1.18. The van der Waals surface area contributed by atoms with Gasteiger partial charge in [0.15, 0.2) is 11.5 Å². The summed E-state index contributed by atoms with van der Waals surface area (Å²) >= 11 is 0. The lowest BCUT2D eigenvalue weighted by Gasteiger charge is -2.23. The average Bonchev–Trinajstić information content (AvgIpc) is 3.69. The Morgan fingerprint density at radius 3 is 2.56 bits per heavy atom. The van der Waals surface area contributed by atoms with Crippen LogP contribution in [0.2, 0.25) is 0 Å². The number of carbonyl (C=O) groups excluding carboxylic acids is 1. The summed E-state index contributed by atoms with van der Waals surface area (Å²) in [5.74, 6) is 2.11. The Bertz CT molecular complexity index is 1550. The van der Waals surface area contributed by atoms with Crippen LogP contribution in [0, 0.1) is 0 Å². The largest absolute Gasteiger partial charge is 0.489 e. The van der Waals surface area contributed by atoms with E-state index in [0.29, 0.717) is 25.3 Å². The third-order valence-corrected chi connectivity index (χ3v) is 6.36. The number of benzene rings is 3. The van der Waals surface area contributed by atoms with Crippen molar-refractivity contribution in [1.82, 2.24) is 19.7 Å². The number of carbonyl (C=O) groups is 1. The minimum Gasteiger partial charge on any atom is -0.489 e. The summed E-state index contributed by atoms with van der Waals surface area (Å²) in [5, 5.41) is 4.26. The van der Waals surface area contributed by atoms with Gasteiger partial charge in [-0.1, -0.05) is 24.3 Å². The van der Waals surface area contributed by atoms with Gasteiger partial charge >= 0.3 is 0 Å². The van der Waals surface area contributed by atoms with E-state index in [0.717, 1.165) is 39.8 Å². The molecule has 3 heterocycles. The molecule has 8 nitrogen and oxygen atoms in total. The van der Waals surface area contributed by atoms with Crippen molar-refractivity contribution in [2.24, 2.45) is 0 Å². The molecule has 0 N–H and O–H groups in total. The van der Waals surface area contributed by atoms with E-state index in [1.807, 2.05) is 97.2 Å². The van der Waals surface area contributed by atoms with Crippen LogP contribution >= 0.6 is 0 Å². The maximum Gasteiger partial charge on any atom is 0.254 e. The van der Waals surface area contributed by atoms with E-state index in [1.165, 1.54) is 0 Å². The molecule has 194 valence electrons. The summed E-state index contributed by atoms with van der Waals surface area (Å²) in [6, 6.07) is 28.6. The minimum absolute atomic E-state index is 0.0839. The molecule has 0 spiro atoms. The molecule has 1 aliphatic rings. The third kappa shape index (κ3) is 5.75. The fourth-order valence-electron chi connectivity index (χ4n) is 4.40. The molecule has 2 aromatic heterocycles. The van der Waals surface area contributed by atoms with E-state index in [1.54, 1.807) is 22.0 Å². The van der Waals surface area contributed by atoms with E-state index in [9.17, 15) is 4.79 Å². The van der Waals surface area contributed by atoms with Gasteiger partial charge in [-0.15, -0.1) is 0 Å². The topological polar surface area (TPSA) is 78.7 Å². The monoisotopic (exact) mass is 518 g/mol. The van der Waals surface area contributed by atoms with Gasteiger partial charge in [0.25, 0.3) is 5.91 Å². The lowest BCUT2D eigenvalue weighted by atomic mass is 10.1. The van der Waals surface area contributed by atoms with Crippen molar-refractivity contribution in [1.29, 1.82) is 0 Å². The van der Waals surface area contributed by atoms with E-state index in [-0.39, 0.29) is 12.7 Å². The second-order valence-corrected chi connectivity index (χ2v) is 9.10. The smallest absolute Gasteiger partial charge is 0.254 e. The quantitative estimate of drug-likeness (QED) is 0.259. The van der Waals surface area contributed by atoms with Crippen LogP contribution in [0.3, 0.4) is 0 Å². The zero-order valence-electron chi connectivity index (χ0n) is 21.1. The Labute approximate surface area is 226 Å². The summed E-state index contributed by atoms with van der Waals surface area (Å²) in [7, 11) is 0. The fraction of sp³-hybridized carbons (Fsp3) is 0.129. The van der Waals surface area contributed by atoms with Crippen LogP contribution in [0.25, 0.3) is 5.69 Å². The first-order valence-corrected chi connectivity index (χ1v) is 12.6. The first kappa shape index (κ1) is 24.2. The van der Waals surface area contributed by atoms with Gasteiger partial charge in [0.05, 0.1) is 17.9 Å². The molecular formula is C31H26N4O4. The third-order valence-electron chi connectivity index (χ3n) is 6.36. The molecule has 6 rings (SSSR count). The van der Waals surface area contributed by atoms with Crippen LogP contribution in [-0.2, 0) is 19.7 Å². The number of fused-ring (bicyclic) bond motifs is 1. The highest BCUT2D eigenvalue weighted by molar-refractivity contribution is 5.94. The fourth-order valence-corrected chi connectivity index (χ4v) is 4.40. The predicted octanol–water partition coefficient (Wildman–Crippen LogP) is 5.42. The molecule has 0 aliphatic carbocycles. The second-order valence-electron chi connectivity index (χ2n) is 9.10. The minimum atomic E-state index is -0.0839. The van der Waals surface area contributed by atoms with Crippen molar-refractivity contribution in [2.45, 2.75) is 19.7 Å². The molecule has 0 unspecified atom stereocenters. The highest BCUT2D eigenvalue weighted by Gasteiger charge is 2.18. The number of pyridine rings is 1. The van der Waals surface area contributed by atoms with Crippen LogP contribution in [0.4, 0.5) is 0 Å². The van der Waals surface area contributed by atoms with Gasteiger partial charge in [-0.05, 0) is 77.9 Å². The Morgan fingerprint density at radius 1 is 0.846 bits per heavy atom. The number of amides is 1. The summed E-state index contributed by atoms with van der Waals surface area (Å²) in [6.07, 6.45) is 5.33. The second kappa shape index (κ2) is 11.1. The maximum atomic E-state index is 13.7. The summed E-state index contributed by atoms with van der Waals surface area (Å²) in [4.78, 5) is 19.9. The van der Waals surface area contributed by atoms with Gasteiger partial charge in [0.1, 0.15) is 12.4 Å². The van der Waals surface area contributed by atoms with Crippen LogP contribution < -0.4 is 14.2 Å². The van der Waals surface area contributed by atoms with E-state index in [4.69, 9.17) is 14.2 Å². The van der Waals surface area contributed by atoms with Crippen molar-refractivity contribution < 1.29 is 19.0 Å². The van der Waals surface area contributed by atoms with E-state index in [2.05, 4.69) is 10.1 Å². The molecule has 3 aromatic carbocycles. The number of aromatic nitrogens is 3. The normalized spacial score (nSPS) is 11.8. The lowest BCUT2D eigenvalue weighted by molar-refractivity contribution is 0.0727. The molecule has 1 aliphatic heterocycles. The van der Waals surface area contributed by atoms with E-state index >= 15 is 0 Å². The molecule has 0 fully saturated rings. The molecule has 0 radical (unpaired) electrons. The zero-order chi connectivity index (χ0) is 26.4. The van der Waals surface area contributed by atoms with Gasteiger partial charge in [0, 0.05) is 30.7 Å². The van der Waals surface area contributed by atoms with Crippen LogP contribution in [0.5, 0.6) is 17.2 Å². The molecule has 8 heteroatoms. The van der Waals surface area contributed by atoms with Gasteiger partial charge in [0.2, 0.25) is 6.79 Å². The predicted molar refractivity (Wildman–Crippen MR) is 145 cm³/mol. The van der Waals surface area contributed by atoms with Crippen molar-refractivity contribution in [3.63, 3.8) is 0 Å². The van der Waals surface area contributed by atoms with Gasteiger partial charge in [-0.2, -0.15) is 5.10 Å². The number of nitrogens with zero attached hydrogens (tertiary/aromatic N) is 4. The van der Waals surface area contributed by atoms with Crippen molar-refractivity contribution in [2.75, 3.05) is 6.79 Å². The average molecular weight is 519 g/mol. The lowest BCUT2D eigenvalue weighted by Crippen LogP contribution is -2.30. The number of rotatable bonds is 9. The first-order chi connectivity index (χ1) is 19.2. The Kier molecular flexibility index (Phi) is 6.90. The van der Waals surface area contributed by atoms with Gasteiger partial charge < -0.3 is 19.1 Å². The molecule has 0 saturated carbocycles. The highest BCUT2D eigenvalue weighted by atomic mass is 16.7. The summed E-state index contributed by atoms with van der Waals surface area (Å²) < 4.78 is 18.7. The van der Waals surface area contributed by atoms with Crippen LogP contribution in [-0.4, -0.2) is 32.4 Å². The molecule has 0 bridgehead atoms. The molecule has 0 atom stereocenters. The SMILES string of the molecule is O=C(c1ccc(-n2cccn2)cc1)N(Cc1cccc(OCc2ccc3c(c2)OCO3)c1)Cc1ccccn1. The Hall–Kier alpha value is -5.11. The maximum absolute atomic E-state index is 13.7. The molecular weight excluding hydrogens is 492 g/mol. The summed E-state index contributed by atoms with van der Waals surface area (Å²) in [6.45, 7) is 1.41. The Morgan fingerprint density at radius 2 is 1.74 bits per heavy atom. The van der Waals surface area contributed by atoms with Crippen molar-refractivity contribution in [3.8, 4) is 22.9 Å². The molecule has 1 amide bonds. The number of ether oxygens (including phenoxy) is 3. The van der Waals surface area contributed by atoms with Crippen LogP contribution in [0.15, 0.2) is 110 Å². The van der Waals surface area contributed by atoms with E-state index < -0.39 is 0 Å². The molecule has 0 saturated heterocycles. The molecule has 39 heavy (non-hydrogen) atoms. The van der Waals surface area contributed by atoms with Crippen molar-refractivity contribution >= 4 is 5.91 Å². The van der Waals surface area contributed by atoms with Crippen molar-refractivity contribution in [3.05, 3.63) is 132 Å². The highest BCUT2D eigenvalue weighted by Crippen LogP contribution is 2.32. The number of hydrogen-bond acceptors (Lipinski definition) is 6. The molecule has 5 aromatic rings. The van der Waals surface area contributed by atoms with Gasteiger partial charge in [-0.25, -0.2) is 4.68 Å². The standard InChI is InChI=1S/C31H26N4O4/c36-31(25-9-11-27(12-10-25)35-16-4-15-33-35)34(20-26-6-1-2-14-32-26)19-23-5-3-7-28(17-23)37-21-24-8-13-29-30(18-24)39-22-38-29/h1-18H,19-22H2. The summed E-state index contributed by atoms with van der Waals surface area (Å²) in [5.41, 5.74) is 4.23. The number of hydrogen-bond donors (Lipinski definition) is 0. The van der Waals surface area contributed by atoms with Crippen LogP contribution in [0.1, 0.15) is 27.2 Å². The van der Waals surface area contributed by atoms with Gasteiger partial charge in [-0.3, -0.25) is 9.78 Å².